The van der Waals surface area contributed by atoms with Gasteiger partial charge in [-0.15, -0.1) is 0 Å². The zero-order chi connectivity index (χ0) is 13.7. The van der Waals surface area contributed by atoms with E-state index in [1.807, 2.05) is 12.1 Å². The van der Waals surface area contributed by atoms with Crippen LogP contribution in [0.2, 0.25) is 0 Å². The summed E-state index contributed by atoms with van der Waals surface area (Å²) in [5.41, 5.74) is 1.20. The van der Waals surface area contributed by atoms with E-state index in [9.17, 15) is 0 Å². The molecule has 0 aromatic heterocycles. The molecule has 0 radical (unpaired) electrons. The summed E-state index contributed by atoms with van der Waals surface area (Å²) in [6.07, 6.45) is 3.82. The van der Waals surface area contributed by atoms with Gasteiger partial charge < -0.3 is 9.64 Å². The van der Waals surface area contributed by atoms with E-state index in [0.29, 0.717) is 0 Å². The van der Waals surface area contributed by atoms with Crippen LogP contribution < -0.4 is 4.74 Å². The van der Waals surface area contributed by atoms with E-state index in [2.05, 4.69) is 40.7 Å². The van der Waals surface area contributed by atoms with E-state index in [0.717, 1.165) is 29.2 Å². The van der Waals surface area contributed by atoms with Gasteiger partial charge in [0.05, 0.1) is 6.61 Å². The van der Waals surface area contributed by atoms with Crippen LogP contribution in [0.3, 0.4) is 0 Å². The average molecular weight is 326 g/mol. The van der Waals surface area contributed by atoms with E-state index in [-0.39, 0.29) is 0 Å². The summed E-state index contributed by atoms with van der Waals surface area (Å²) < 4.78 is 6.97. The Balaban J connectivity index is 1.66. The van der Waals surface area contributed by atoms with E-state index >= 15 is 0 Å². The third-order valence-electron chi connectivity index (χ3n) is 3.89. The largest absolute Gasteiger partial charge is 0.493 e. The third-order valence-corrected chi connectivity index (χ3v) is 4.38. The molecule has 1 fully saturated rings. The number of benzene rings is 1. The van der Waals surface area contributed by atoms with Crippen molar-refractivity contribution in [3.63, 3.8) is 0 Å². The van der Waals surface area contributed by atoms with Crippen LogP contribution in [0.5, 0.6) is 5.75 Å². The molecule has 0 saturated carbocycles. The van der Waals surface area contributed by atoms with Crippen LogP contribution in [-0.4, -0.2) is 31.1 Å². The molecule has 106 valence electrons. The maximum absolute atomic E-state index is 5.86. The number of rotatable bonds is 5. The molecule has 2 nitrogen and oxygen atoms in total. The van der Waals surface area contributed by atoms with Crippen molar-refractivity contribution in [2.45, 2.75) is 33.1 Å². The Hall–Kier alpha value is -0.540. The second-order valence-electron chi connectivity index (χ2n) is 5.64. The highest BCUT2D eigenvalue weighted by Gasteiger charge is 2.14. The third kappa shape index (κ3) is 4.81. The average Bonchev–Trinajstić information content (AvgIpc) is 2.39. The van der Waals surface area contributed by atoms with Gasteiger partial charge in [-0.05, 0) is 69.0 Å². The number of ether oxygens (including phenoxy) is 1. The van der Waals surface area contributed by atoms with Crippen LogP contribution in [0, 0.1) is 12.8 Å². The fraction of sp³-hybridized carbons (Fsp3) is 0.625. The highest BCUT2D eigenvalue weighted by atomic mass is 79.9. The molecule has 0 atom stereocenters. The van der Waals surface area contributed by atoms with Crippen LogP contribution in [0.1, 0.15) is 31.7 Å². The predicted molar refractivity (Wildman–Crippen MR) is 83.8 cm³/mol. The van der Waals surface area contributed by atoms with E-state index in [4.69, 9.17) is 4.74 Å². The molecule has 1 aliphatic heterocycles. The van der Waals surface area contributed by atoms with Crippen molar-refractivity contribution in [1.29, 1.82) is 0 Å². The van der Waals surface area contributed by atoms with Gasteiger partial charge in [0.2, 0.25) is 0 Å². The quantitative estimate of drug-likeness (QED) is 0.750. The van der Waals surface area contributed by atoms with E-state index in [1.165, 1.54) is 38.0 Å². The topological polar surface area (TPSA) is 12.5 Å². The fourth-order valence-electron chi connectivity index (χ4n) is 2.53. The number of aryl methyl sites for hydroxylation is 1. The predicted octanol–water partition coefficient (Wildman–Crippen LogP) is 4.26. The lowest BCUT2D eigenvalue weighted by Crippen LogP contribution is -2.34. The number of hydrogen-bond donors (Lipinski definition) is 0. The number of piperidine rings is 1. The Morgan fingerprint density at radius 2 is 2.05 bits per heavy atom. The first-order valence-electron chi connectivity index (χ1n) is 7.26. The molecule has 1 heterocycles. The molecule has 0 aliphatic carbocycles. The lowest BCUT2D eigenvalue weighted by molar-refractivity contribution is 0.177. The van der Waals surface area contributed by atoms with Gasteiger partial charge in [0.1, 0.15) is 5.75 Å². The van der Waals surface area contributed by atoms with Crippen molar-refractivity contribution in [2.75, 3.05) is 26.2 Å². The molecule has 1 saturated heterocycles. The monoisotopic (exact) mass is 325 g/mol. The first kappa shape index (κ1) is 14.9. The van der Waals surface area contributed by atoms with Gasteiger partial charge >= 0.3 is 0 Å². The molecule has 0 N–H and O–H groups in total. The number of halogens is 1. The molecule has 0 amide bonds. The Bertz CT molecular complexity index is 400. The van der Waals surface area contributed by atoms with Crippen LogP contribution in [-0.2, 0) is 0 Å². The minimum absolute atomic E-state index is 0.814. The molecule has 19 heavy (non-hydrogen) atoms. The summed E-state index contributed by atoms with van der Waals surface area (Å²) in [6, 6.07) is 6.18. The van der Waals surface area contributed by atoms with Gasteiger partial charge in [-0.2, -0.15) is 0 Å². The molecular weight excluding hydrogens is 302 g/mol. The minimum atomic E-state index is 0.814. The first-order valence-corrected chi connectivity index (χ1v) is 8.06. The Labute approximate surface area is 125 Å². The van der Waals surface area contributed by atoms with Crippen LogP contribution >= 0.6 is 15.9 Å². The second kappa shape index (κ2) is 7.30. The van der Waals surface area contributed by atoms with Crippen LogP contribution in [0.15, 0.2) is 22.7 Å². The van der Waals surface area contributed by atoms with E-state index in [1.54, 1.807) is 0 Å². The molecule has 0 unspecified atom stereocenters. The highest BCUT2D eigenvalue weighted by Crippen LogP contribution is 2.22. The number of likely N-dealkylation sites (tertiary alicyclic amines) is 1. The summed E-state index contributed by atoms with van der Waals surface area (Å²) in [4.78, 5) is 2.57. The normalized spacial score (nSPS) is 17.6. The van der Waals surface area contributed by atoms with Crippen molar-refractivity contribution in [2.24, 2.45) is 5.92 Å². The Morgan fingerprint density at radius 3 is 2.74 bits per heavy atom. The molecule has 1 aromatic carbocycles. The van der Waals surface area contributed by atoms with Crippen molar-refractivity contribution in [3.8, 4) is 5.75 Å². The fourth-order valence-corrected chi connectivity index (χ4v) is 3.01. The molecule has 3 heteroatoms. The molecule has 1 aliphatic rings. The van der Waals surface area contributed by atoms with Gasteiger partial charge in [-0.3, -0.25) is 0 Å². The van der Waals surface area contributed by atoms with E-state index < -0.39 is 0 Å². The molecule has 1 aromatic rings. The van der Waals surface area contributed by atoms with Gasteiger partial charge in [0.15, 0.2) is 0 Å². The summed E-state index contributed by atoms with van der Waals surface area (Å²) in [7, 11) is 0. The maximum atomic E-state index is 5.86. The number of nitrogens with zero attached hydrogens (tertiary/aromatic N) is 1. The van der Waals surface area contributed by atoms with Crippen molar-refractivity contribution >= 4 is 15.9 Å². The molecular formula is C16H24BrNO. The van der Waals surface area contributed by atoms with Crippen LogP contribution in [0.4, 0.5) is 0 Å². The first-order chi connectivity index (χ1) is 9.15. The minimum Gasteiger partial charge on any atom is -0.493 e. The standard InChI is InChI=1S/C16H24BrNO/c1-13-6-9-18(10-7-13)8-3-11-19-16-5-4-15(17)12-14(16)2/h4-5,12-13H,3,6-11H2,1-2H3. The van der Waals surface area contributed by atoms with Crippen molar-refractivity contribution in [3.05, 3.63) is 28.2 Å². The molecule has 2 rings (SSSR count). The Morgan fingerprint density at radius 1 is 1.32 bits per heavy atom. The molecule has 0 spiro atoms. The smallest absolute Gasteiger partial charge is 0.122 e. The number of hydrogen-bond acceptors (Lipinski definition) is 2. The highest BCUT2D eigenvalue weighted by molar-refractivity contribution is 9.10. The van der Waals surface area contributed by atoms with Gasteiger partial charge in [0, 0.05) is 11.0 Å². The zero-order valence-corrected chi connectivity index (χ0v) is 13.6. The van der Waals surface area contributed by atoms with Crippen molar-refractivity contribution < 1.29 is 4.74 Å². The summed E-state index contributed by atoms with van der Waals surface area (Å²) >= 11 is 3.47. The second-order valence-corrected chi connectivity index (χ2v) is 6.55. The maximum Gasteiger partial charge on any atom is 0.122 e. The summed E-state index contributed by atoms with van der Waals surface area (Å²) in [6.45, 7) is 8.96. The Kier molecular flexibility index (Phi) is 5.71. The zero-order valence-electron chi connectivity index (χ0n) is 12.0. The van der Waals surface area contributed by atoms with Crippen LogP contribution in [0.25, 0.3) is 0 Å². The van der Waals surface area contributed by atoms with Gasteiger partial charge in [-0.1, -0.05) is 22.9 Å². The van der Waals surface area contributed by atoms with Gasteiger partial charge in [-0.25, -0.2) is 0 Å². The van der Waals surface area contributed by atoms with Crippen molar-refractivity contribution in [1.82, 2.24) is 4.90 Å². The molecule has 0 bridgehead atoms. The summed E-state index contributed by atoms with van der Waals surface area (Å²) in [5, 5.41) is 0. The SMILES string of the molecule is Cc1cc(Br)ccc1OCCCN1CCC(C)CC1. The lowest BCUT2D eigenvalue weighted by Gasteiger charge is -2.30. The van der Waals surface area contributed by atoms with Gasteiger partial charge in [0.25, 0.3) is 0 Å². The summed E-state index contributed by atoms with van der Waals surface area (Å²) in [5.74, 6) is 1.92. The lowest BCUT2D eigenvalue weighted by atomic mass is 9.99.